The highest BCUT2D eigenvalue weighted by atomic mass is 15.3. The quantitative estimate of drug-likeness (QED) is 0.787. The summed E-state index contributed by atoms with van der Waals surface area (Å²) in [6.07, 6.45) is 4.39. The molecule has 100 valence electrons. The molecule has 0 aliphatic rings. The zero-order valence-corrected chi connectivity index (χ0v) is 11.1. The van der Waals surface area contributed by atoms with Gasteiger partial charge in [0.2, 0.25) is 0 Å². The zero-order chi connectivity index (χ0) is 13.8. The second-order valence-corrected chi connectivity index (χ2v) is 4.55. The van der Waals surface area contributed by atoms with Crippen molar-refractivity contribution in [2.45, 2.75) is 6.42 Å². The van der Waals surface area contributed by atoms with Crippen LogP contribution in [0.4, 0.5) is 0 Å². The second-order valence-electron chi connectivity index (χ2n) is 4.55. The number of hydrogen-bond acceptors (Lipinski definition) is 3. The highest BCUT2D eigenvalue weighted by molar-refractivity contribution is 5.61. The summed E-state index contributed by atoms with van der Waals surface area (Å²) in [4.78, 5) is 4.19. The smallest absolute Gasteiger partial charge is 0.0759 e. The van der Waals surface area contributed by atoms with Crippen molar-refractivity contribution in [2.24, 2.45) is 5.73 Å². The number of nitrogens with zero attached hydrogens (tertiary/aromatic N) is 3. The first-order chi connectivity index (χ1) is 9.88. The Hall–Kier alpha value is -2.46. The Morgan fingerprint density at radius 3 is 2.60 bits per heavy atom. The number of aromatic nitrogens is 3. The molecule has 0 amide bonds. The molecule has 0 unspecified atom stereocenters. The van der Waals surface area contributed by atoms with Crippen molar-refractivity contribution >= 4 is 0 Å². The zero-order valence-electron chi connectivity index (χ0n) is 11.1. The average molecular weight is 264 g/mol. The van der Waals surface area contributed by atoms with Gasteiger partial charge in [0.05, 0.1) is 17.1 Å². The van der Waals surface area contributed by atoms with E-state index in [4.69, 9.17) is 5.73 Å². The largest absolute Gasteiger partial charge is 0.330 e. The van der Waals surface area contributed by atoms with Gasteiger partial charge in [0.1, 0.15) is 0 Å². The standard InChI is InChI=1S/C16H16N4/c17-9-8-14-11-16(13-5-4-10-18-12-13)20(19-14)15-6-2-1-3-7-15/h1-7,10-12H,8-9,17H2. The van der Waals surface area contributed by atoms with Crippen molar-refractivity contribution in [2.75, 3.05) is 6.54 Å². The maximum atomic E-state index is 5.64. The summed E-state index contributed by atoms with van der Waals surface area (Å²) in [5, 5.41) is 4.66. The first-order valence-electron chi connectivity index (χ1n) is 6.63. The molecule has 3 aromatic rings. The van der Waals surface area contributed by atoms with Gasteiger partial charge in [0.25, 0.3) is 0 Å². The summed E-state index contributed by atoms with van der Waals surface area (Å²) in [5.41, 5.74) is 9.75. The molecule has 0 radical (unpaired) electrons. The van der Waals surface area contributed by atoms with Crippen LogP contribution in [0.15, 0.2) is 60.9 Å². The molecule has 0 aliphatic carbocycles. The van der Waals surface area contributed by atoms with E-state index >= 15 is 0 Å². The Labute approximate surface area is 117 Å². The molecule has 0 spiro atoms. The lowest BCUT2D eigenvalue weighted by molar-refractivity contribution is 0.825. The fourth-order valence-electron chi connectivity index (χ4n) is 2.19. The van der Waals surface area contributed by atoms with E-state index in [1.54, 1.807) is 6.20 Å². The monoisotopic (exact) mass is 264 g/mol. The molecule has 4 nitrogen and oxygen atoms in total. The molecule has 0 atom stereocenters. The van der Waals surface area contributed by atoms with Crippen molar-refractivity contribution < 1.29 is 0 Å². The van der Waals surface area contributed by atoms with Gasteiger partial charge in [-0.05, 0) is 36.9 Å². The molecule has 20 heavy (non-hydrogen) atoms. The number of nitrogens with two attached hydrogens (primary N) is 1. The van der Waals surface area contributed by atoms with Crippen molar-refractivity contribution in [3.63, 3.8) is 0 Å². The fourth-order valence-corrected chi connectivity index (χ4v) is 2.19. The van der Waals surface area contributed by atoms with Crippen LogP contribution in [0.1, 0.15) is 5.69 Å². The van der Waals surface area contributed by atoms with Crippen molar-refractivity contribution in [1.82, 2.24) is 14.8 Å². The SMILES string of the molecule is NCCc1cc(-c2cccnc2)n(-c2ccccc2)n1. The molecule has 0 saturated carbocycles. The van der Waals surface area contributed by atoms with Crippen LogP contribution in [0.5, 0.6) is 0 Å². The van der Waals surface area contributed by atoms with Gasteiger partial charge in [-0.25, -0.2) is 4.68 Å². The van der Waals surface area contributed by atoms with Crippen LogP contribution in [0.3, 0.4) is 0 Å². The van der Waals surface area contributed by atoms with Gasteiger partial charge in [0, 0.05) is 24.4 Å². The molecule has 0 aliphatic heterocycles. The third kappa shape index (κ3) is 2.46. The molecule has 1 aromatic carbocycles. The highest BCUT2D eigenvalue weighted by Gasteiger charge is 2.11. The van der Waals surface area contributed by atoms with Crippen molar-refractivity contribution in [3.05, 3.63) is 66.6 Å². The van der Waals surface area contributed by atoms with E-state index in [1.807, 2.05) is 53.3 Å². The van der Waals surface area contributed by atoms with E-state index in [1.165, 1.54) is 0 Å². The lowest BCUT2D eigenvalue weighted by Gasteiger charge is -2.06. The molecule has 2 aromatic heterocycles. The molecule has 2 heterocycles. The number of benzene rings is 1. The summed E-state index contributed by atoms with van der Waals surface area (Å²) in [5.74, 6) is 0. The van der Waals surface area contributed by atoms with Crippen LogP contribution in [0.25, 0.3) is 16.9 Å². The summed E-state index contributed by atoms with van der Waals surface area (Å²) >= 11 is 0. The Balaban J connectivity index is 2.13. The van der Waals surface area contributed by atoms with Crippen molar-refractivity contribution in [1.29, 1.82) is 0 Å². The molecule has 0 bridgehead atoms. The number of rotatable bonds is 4. The summed E-state index contributed by atoms with van der Waals surface area (Å²) in [7, 11) is 0. The van der Waals surface area contributed by atoms with E-state index in [0.29, 0.717) is 6.54 Å². The van der Waals surface area contributed by atoms with Crippen LogP contribution < -0.4 is 5.73 Å². The lowest BCUT2D eigenvalue weighted by atomic mass is 10.2. The minimum absolute atomic E-state index is 0.596. The van der Waals surface area contributed by atoms with Gasteiger partial charge in [-0.1, -0.05) is 18.2 Å². The number of pyridine rings is 1. The first kappa shape index (κ1) is 12.6. The van der Waals surface area contributed by atoms with Gasteiger partial charge < -0.3 is 5.73 Å². The van der Waals surface area contributed by atoms with E-state index < -0.39 is 0 Å². The van der Waals surface area contributed by atoms with Crippen LogP contribution in [-0.2, 0) is 6.42 Å². The molecule has 4 heteroatoms. The molecule has 3 rings (SSSR count). The topological polar surface area (TPSA) is 56.7 Å². The predicted molar refractivity (Wildman–Crippen MR) is 79.6 cm³/mol. The highest BCUT2D eigenvalue weighted by Crippen LogP contribution is 2.23. The van der Waals surface area contributed by atoms with Gasteiger partial charge >= 0.3 is 0 Å². The van der Waals surface area contributed by atoms with Crippen LogP contribution in [0.2, 0.25) is 0 Å². The molecular weight excluding hydrogens is 248 g/mol. The molecular formula is C16H16N4. The van der Waals surface area contributed by atoms with E-state index in [-0.39, 0.29) is 0 Å². The number of hydrogen-bond donors (Lipinski definition) is 1. The minimum Gasteiger partial charge on any atom is -0.330 e. The molecule has 0 fully saturated rings. The average Bonchev–Trinajstić information content (AvgIpc) is 2.93. The first-order valence-corrected chi connectivity index (χ1v) is 6.63. The van der Waals surface area contributed by atoms with Gasteiger partial charge in [0.15, 0.2) is 0 Å². The van der Waals surface area contributed by atoms with E-state index in [9.17, 15) is 0 Å². The Bertz CT molecular complexity index is 617. The minimum atomic E-state index is 0.596. The van der Waals surface area contributed by atoms with Crippen LogP contribution in [0, 0.1) is 0 Å². The molecule has 0 saturated heterocycles. The van der Waals surface area contributed by atoms with Gasteiger partial charge in [-0.2, -0.15) is 5.10 Å². The summed E-state index contributed by atoms with van der Waals surface area (Å²) in [6, 6.07) is 16.1. The molecule has 2 N–H and O–H groups in total. The second kappa shape index (κ2) is 5.67. The van der Waals surface area contributed by atoms with E-state index in [2.05, 4.69) is 16.1 Å². The summed E-state index contributed by atoms with van der Waals surface area (Å²) in [6.45, 7) is 0.596. The van der Waals surface area contributed by atoms with Crippen LogP contribution >= 0.6 is 0 Å². The predicted octanol–water partition coefficient (Wildman–Crippen LogP) is 2.44. The Kier molecular flexibility index (Phi) is 3.56. The Morgan fingerprint density at radius 1 is 1.05 bits per heavy atom. The van der Waals surface area contributed by atoms with Gasteiger partial charge in [-0.3, -0.25) is 4.98 Å². The van der Waals surface area contributed by atoms with Crippen LogP contribution in [-0.4, -0.2) is 21.3 Å². The lowest BCUT2D eigenvalue weighted by Crippen LogP contribution is -2.04. The number of para-hydroxylation sites is 1. The fraction of sp³-hybridized carbons (Fsp3) is 0.125. The third-order valence-electron chi connectivity index (χ3n) is 3.12. The third-order valence-corrected chi connectivity index (χ3v) is 3.12. The maximum absolute atomic E-state index is 5.64. The van der Waals surface area contributed by atoms with Crippen molar-refractivity contribution in [3.8, 4) is 16.9 Å². The summed E-state index contributed by atoms with van der Waals surface area (Å²) < 4.78 is 1.95. The normalized spacial score (nSPS) is 10.7. The maximum Gasteiger partial charge on any atom is 0.0759 e. The van der Waals surface area contributed by atoms with E-state index in [0.717, 1.165) is 29.1 Å². The van der Waals surface area contributed by atoms with Gasteiger partial charge in [-0.15, -0.1) is 0 Å². The Morgan fingerprint density at radius 2 is 1.90 bits per heavy atom.